The maximum Gasteiger partial charge on any atom is 0.271 e. The molecule has 0 bridgehead atoms. The van der Waals surface area contributed by atoms with Gasteiger partial charge in [0.15, 0.2) is 0 Å². The van der Waals surface area contributed by atoms with Gasteiger partial charge in [-0.3, -0.25) is 9.59 Å². The molecule has 0 aromatic heterocycles. The van der Waals surface area contributed by atoms with Crippen LogP contribution in [0.3, 0.4) is 0 Å². The zero-order valence-corrected chi connectivity index (χ0v) is 14.6. The molecule has 2 amide bonds. The van der Waals surface area contributed by atoms with Crippen LogP contribution >= 0.6 is 11.6 Å². The Morgan fingerprint density at radius 2 is 1.84 bits per heavy atom. The fraction of sp³-hybridized carbons (Fsp3) is 0.167. The minimum Gasteiger partial charge on any atom is -0.508 e. The van der Waals surface area contributed by atoms with E-state index in [1.807, 2.05) is 6.92 Å². The van der Waals surface area contributed by atoms with Crippen LogP contribution in [-0.2, 0) is 4.79 Å². The number of rotatable bonds is 5. The van der Waals surface area contributed by atoms with Gasteiger partial charge in [0.2, 0.25) is 5.91 Å². The van der Waals surface area contributed by atoms with Crippen molar-refractivity contribution in [1.29, 1.82) is 0 Å². The van der Waals surface area contributed by atoms with Crippen LogP contribution in [-0.4, -0.2) is 22.6 Å². The lowest BCUT2D eigenvalue weighted by molar-refractivity contribution is -0.115. The first kappa shape index (κ1) is 18.5. The fourth-order valence-electron chi connectivity index (χ4n) is 2.03. The Morgan fingerprint density at radius 1 is 1.16 bits per heavy atom. The summed E-state index contributed by atoms with van der Waals surface area (Å²) in [6.07, 6.45) is 0.0296. The maximum atomic E-state index is 12.1. The molecule has 0 aliphatic heterocycles. The number of benzene rings is 2. The number of carbonyl (C=O) groups excluding carboxylic acids is 2. The Balaban J connectivity index is 1.92. The second kappa shape index (κ2) is 8.30. The lowest BCUT2D eigenvalue weighted by atomic mass is 10.2. The predicted octanol–water partition coefficient (Wildman–Crippen LogP) is 3.49. The second-order valence-corrected chi connectivity index (χ2v) is 5.88. The Kier molecular flexibility index (Phi) is 6.14. The number of carbonyl (C=O) groups is 2. The van der Waals surface area contributed by atoms with Crippen molar-refractivity contribution in [1.82, 2.24) is 5.43 Å². The van der Waals surface area contributed by atoms with Crippen molar-refractivity contribution in [3.8, 4) is 5.75 Å². The molecule has 0 spiro atoms. The van der Waals surface area contributed by atoms with Gasteiger partial charge in [-0.25, -0.2) is 5.43 Å². The zero-order valence-electron chi connectivity index (χ0n) is 13.8. The lowest BCUT2D eigenvalue weighted by Crippen LogP contribution is -2.21. The molecule has 3 N–H and O–H groups in total. The Morgan fingerprint density at radius 3 is 2.52 bits per heavy atom. The summed E-state index contributed by atoms with van der Waals surface area (Å²) in [5, 5.41) is 16.4. The van der Waals surface area contributed by atoms with E-state index in [-0.39, 0.29) is 18.1 Å². The summed E-state index contributed by atoms with van der Waals surface area (Å²) in [6.45, 7) is 3.46. The number of aromatic hydroxyl groups is 1. The van der Waals surface area contributed by atoms with Gasteiger partial charge in [-0.05, 0) is 55.8 Å². The number of hydrazone groups is 1. The van der Waals surface area contributed by atoms with Crippen LogP contribution in [0.4, 0.5) is 5.69 Å². The number of hydrogen-bond acceptors (Lipinski definition) is 4. The van der Waals surface area contributed by atoms with Gasteiger partial charge in [0.05, 0.1) is 6.42 Å². The van der Waals surface area contributed by atoms with Gasteiger partial charge in [-0.15, -0.1) is 0 Å². The van der Waals surface area contributed by atoms with Crippen molar-refractivity contribution in [2.45, 2.75) is 20.3 Å². The van der Waals surface area contributed by atoms with E-state index in [9.17, 15) is 14.7 Å². The van der Waals surface area contributed by atoms with Crippen molar-refractivity contribution >= 4 is 34.8 Å². The maximum absolute atomic E-state index is 12.1. The van der Waals surface area contributed by atoms with E-state index in [1.165, 1.54) is 24.3 Å². The minimum absolute atomic E-state index is 0.0296. The van der Waals surface area contributed by atoms with Gasteiger partial charge in [0.25, 0.3) is 5.91 Å². The summed E-state index contributed by atoms with van der Waals surface area (Å²) < 4.78 is 0. The van der Waals surface area contributed by atoms with Gasteiger partial charge in [-0.1, -0.05) is 17.7 Å². The van der Waals surface area contributed by atoms with Crippen LogP contribution in [0.25, 0.3) is 0 Å². The fourth-order valence-corrected chi connectivity index (χ4v) is 2.21. The molecule has 2 aromatic carbocycles. The number of hydrogen-bond donors (Lipinski definition) is 3. The van der Waals surface area contributed by atoms with Crippen molar-refractivity contribution in [2.24, 2.45) is 5.10 Å². The third-order valence-corrected chi connectivity index (χ3v) is 3.85. The highest BCUT2D eigenvalue weighted by Gasteiger charge is 2.09. The number of anilines is 1. The molecule has 6 nitrogen and oxygen atoms in total. The molecule has 0 saturated heterocycles. The van der Waals surface area contributed by atoms with Crippen molar-refractivity contribution < 1.29 is 14.7 Å². The number of phenolic OH excluding ortho intramolecular Hbond substituents is 1. The highest BCUT2D eigenvalue weighted by molar-refractivity contribution is 6.31. The number of halogens is 1. The molecule has 0 aliphatic carbocycles. The molecule has 25 heavy (non-hydrogen) atoms. The molecular weight excluding hydrogens is 342 g/mol. The van der Waals surface area contributed by atoms with E-state index in [2.05, 4.69) is 15.8 Å². The summed E-state index contributed by atoms with van der Waals surface area (Å²) >= 11 is 6.02. The number of nitrogens with zero attached hydrogens (tertiary/aromatic N) is 1. The molecular formula is C18H18ClN3O3. The van der Waals surface area contributed by atoms with E-state index < -0.39 is 5.91 Å². The molecule has 7 heteroatoms. The largest absolute Gasteiger partial charge is 0.508 e. The summed E-state index contributed by atoms with van der Waals surface area (Å²) in [4.78, 5) is 24.0. The lowest BCUT2D eigenvalue weighted by Gasteiger charge is -2.09. The van der Waals surface area contributed by atoms with Crippen LogP contribution < -0.4 is 10.7 Å². The van der Waals surface area contributed by atoms with Crippen molar-refractivity contribution in [3.63, 3.8) is 0 Å². The van der Waals surface area contributed by atoms with E-state index in [0.717, 1.165) is 5.56 Å². The first-order valence-corrected chi connectivity index (χ1v) is 7.92. The van der Waals surface area contributed by atoms with Gasteiger partial charge in [0, 0.05) is 22.0 Å². The first-order chi connectivity index (χ1) is 11.9. The van der Waals surface area contributed by atoms with E-state index >= 15 is 0 Å². The first-order valence-electron chi connectivity index (χ1n) is 7.54. The predicted molar refractivity (Wildman–Crippen MR) is 98.1 cm³/mol. The standard InChI is InChI=1S/C18H18ClN3O3/c1-11(21-22-18(25)13-6-8-14(23)9-7-13)10-17(24)20-16-5-3-4-15(19)12(16)2/h3-9,23H,10H2,1-2H3,(H,20,24)(H,22,25)/b21-11-. The van der Waals surface area contributed by atoms with Crippen LogP contribution in [0, 0.1) is 6.92 Å². The topological polar surface area (TPSA) is 90.8 Å². The van der Waals surface area contributed by atoms with Gasteiger partial charge < -0.3 is 10.4 Å². The monoisotopic (exact) mass is 359 g/mol. The van der Waals surface area contributed by atoms with Gasteiger partial charge in [0.1, 0.15) is 5.75 Å². The normalized spacial score (nSPS) is 11.1. The van der Waals surface area contributed by atoms with E-state index in [1.54, 1.807) is 25.1 Å². The molecule has 0 unspecified atom stereocenters. The van der Waals surface area contributed by atoms with Gasteiger partial charge in [-0.2, -0.15) is 5.10 Å². The van der Waals surface area contributed by atoms with Crippen molar-refractivity contribution in [2.75, 3.05) is 5.32 Å². The number of phenols is 1. The van der Waals surface area contributed by atoms with Gasteiger partial charge >= 0.3 is 0 Å². The summed E-state index contributed by atoms with van der Waals surface area (Å²) in [7, 11) is 0. The van der Waals surface area contributed by atoms with Crippen LogP contribution in [0.1, 0.15) is 29.3 Å². The molecule has 0 aliphatic rings. The highest BCUT2D eigenvalue weighted by atomic mass is 35.5. The molecule has 0 atom stereocenters. The summed E-state index contributed by atoms with van der Waals surface area (Å²) in [6, 6.07) is 11.0. The molecule has 130 valence electrons. The third kappa shape index (κ3) is 5.32. The van der Waals surface area contributed by atoms with Crippen LogP contribution in [0.15, 0.2) is 47.6 Å². The molecule has 0 saturated carbocycles. The summed E-state index contributed by atoms with van der Waals surface area (Å²) in [5.74, 6) is -0.611. The quantitative estimate of drug-likeness (QED) is 0.563. The van der Waals surface area contributed by atoms with Crippen molar-refractivity contribution in [3.05, 3.63) is 58.6 Å². The Hall–Kier alpha value is -2.86. The zero-order chi connectivity index (χ0) is 18.4. The number of amides is 2. The Labute approximate surface area is 150 Å². The molecule has 2 aromatic rings. The van der Waals surface area contributed by atoms with E-state index in [4.69, 9.17) is 11.6 Å². The van der Waals surface area contributed by atoms with Crippen LogP contribution in [0.5, 0.6) is 5.75 Å². The smallest absolute Gasteiger partial charge is 0.271 e. The molecule has 2 rings (SSSR count). The average Bonchev–Trinajstić information content (AvgIpc) is 2.57. The highest BCUT2D eigenvalue weighted by Crippen LogP contribution is 2.22. The molecule has 0 fully saturated rings. The molecule has 0 radical (unpaired) electrons. The Bertz CT molecular complexity index is 817. The third-order valence-electron chi connectivity index (χ3n) is 3.44. The second-order valence-electron chi connectivity index (χ2n) is 5.47. The average molecular weight is 360 g/mol. The summed E-state index contributed by atoms with van der Waals surface area (Å²) in [5.41, 5.74) is 4.60. The molecule has 0 heterocycles. The van der Waals surface area contributed by atoms with Crippen LogP contribution in [0.2, 0.25) is 5.02 Å². The minimum atomic E-state index is -0.426. The number of nitrogens with one attached hydrogen (secondary N) is 2. The SMILES string of the molecule is C/C(CC(=O)Nc1cccc(Cl)c1C)=N/NC(=O)c1ccc(O)cc1. The van der Waals surface area contributed by atoms with E-state index in [0.29, 0.717) is 22.0 Å².